The Balaban J connectivity index is 2.36. The van der Waals surface area contributed by atoms with Gasteiger partial charge in [-0.3, -0.25) is 0 Å². The second-order valence-corrected chi connectivity index (χ2v) is 4.70. The van der Waals surface area contributed by atoms with Gasteiger partial charge in [0.05, 0.1) is 0 Å². The van der Waals surface area contributed by atoms with E-state index in [4.69, 9.17) is 0 Å². The summed E-state index contributed by atoms with van der Waals surface area (Å²) in [5.41, 5.74) is 0.969. The summed E-state index contributed by atoms with van der Waals surface area (Å²) in [4.78, 5) is 2.16. The van der Waals surface area contributed by atoms with Gasteiger partial charge in [-0.2, -0.15) is 0 Å². The quantitative estimate of drug-likeness (QED) is 0.658. The molecule has 0 heterocycles. The molecular formula is C13H22N2O2. The lowest BCUT2D eigenvalue weighted by Gasteiger charge is -2.16. The van der Waals surface area contributed by atoms with Gasteiger partial charge >= 0.3 is 0 Å². The predicted molar refractivity (Wildman–Crippen MR) is 69.2 cm³/mol. The molecule has 0 saturated carbocycles. The van der Waals surface area contributed by atoms with Gasteiger partial charge in [0.15, 0.2) is 11.5 Å². The number of benzene rings is 1. The first-order chi connectivity index (χ1) is 7.99. The largest absolute Gasteiger partial charge is 0.504 e. The first-order valence-electron chi connectivity index (χ1n) is 5.88. The summed E-state index contributed by atoms with van der Waals surface area (Å²) >= 11 is 0. The molecule has 0 amide bonds. The summed E-state index contributed by atoms with van der Waals surface area (Å²) in [6.45, 7) is 3.89. The van der Waals surface area contributed by atoms with Crippen molar-refractivity contribution < 1.29 is 10.2 Å². The van der Waals surface area contributed by atoms with Gasteiger partial charge in [-0.15, -0.1) is 0 Å². The molecule has 0 fully saturated rings. The number of aromatic hydroxyl groups is 2. The van der Waals surface area contributed by atoms with Crippen LogP contribution in [0.5, 0.6) is 11.5 Å². The van der Waals surface area contributed by atoms with Crippen LogP contribution in [0, 0.1) is 0 Å². The minimum atomic E-state index is -0.0746. The third-order valence-electron chi connectivity index (χ3n) is 2.70. The summed E-state index contributed by atoms with van der Waals surface area (Å²) in [6, 6.07) is 5.33. The lowest BCUT2D eigenvalue weighted by Crippen LogP contribution is -2.29. The number of nitrogens with zero attached hydrogens (tertiary/aromatic N) is 1. The molecule has 0 aliphatic rings. The van der Waals surface area contributed by atoms with Crippen molar-refractivity contribution in [3.8, 4) is 11.5 Å². The highest BCUT2D eigenvalue weighted by atomic mass is 16.3. The van der Waals surface area contributed by atoms with Gasteiger partial charge in [0.25, 0.3) is 0 Å². The fourth-order valence-corrected chi connectivity index (χ4v) is 1.52. The van der Waals surface area contributed by atoms with Crippen molar-refractivity contribution in [2.75, 3.05) is 20.6 Å². The minimum Gasteiger partial charge on any atom is -0.504 e. The highest BCUT2D eigenvalue weighted by molar-refractivity contribution is 5.40. The zero-order valence-corrected chi connectivity index (χ0v) is 10.8. The normalized spacial score (nSPS) is 12.9. The number of hydrogen-bond donors (Lipinski definition) is 3. The van der Waals surface area contributed by atoms with E-state index in [1.165, 1.54) is 6.07 Å². The van der Waals surface area contributed by atoms with E-state index in [9.17, 15) is 10.2 Å². The molecule has 3 N–H and O–H groups in total. The van der Waals surface area contributed by atoms with Gasteiger partial charge in [-0.05, 0) is 51.7 Å². The number of phenolic OH excluding ortho intramolecular Hbond substituents is 2. The fourth-order valence-electron chi connectivity index (χ4n) is 1.52. The van der Waals surface area contributed by atoms with Crippen LogP contribution < -0.4 is 5.32 Å². The Morgan fingerprint density at radius 1 is 1.24 bits per heavy atom. The third-order valence-corrected chi connectivity index (χ3v) is 2.70. The molecule has 1 aromatic rings. The Morgan fingerprint density at radius 3 is 2.53 bits per heavy atom. The molecule has 1 rings (SSSR count). The lowest BCUT2D eigenvalue weighted by atomic mass is 10.1. The molecular weight excluding hydrogens is 216 g/mol. The van der Waals surface area contributed by atoms with Crippen molar-refractivity contribution >= 4 is 0 Å². The van der Waals surface area contributed by atoms with Crippen LogP contribution in [0.4, 0.5) is 0 Å². The van der Waals surface area contributed by atoms with Crippen molar-refractivity contribution in [3.63, 3.8) is 0 Å². The summed E-state index contributed by atoms with van der Waals surface area (Å²) in [6.07, 6.45) is 1.08. The topological polar surface area (TPSA) is 55.7 Å². The van der Waals surface area contributed by atoms with E-state index >= 15 is 0 Å². The first-order valence-corrected chi connectivity index (χ1v) is 5.88. The smallest absolute Gasteiger partial charge is 0.157 e. The Kier molecular flexibility index (Phi) is 5.25. The second-order valence-electron chi connectivity index (χ2n) is 4.70. The van der Waals surface area contributed by atoms with Crippen molar-refractivity contribution in [2.45, 2.75) is 25.9 Å². The van der Waals surface area contributed by atoms with Gasteiger partial charge in [0, 0.05) is 12.6 Å². The van der Waals surface area contributed by atoms with Gasteiger partial charge in [-0.25, -0.2) is 0 Å². The molecule has 0 aliphatic carbocycles. The Morgan fingerprint density at radius 2 is 1.94 bits per heavy atom. The molecule has 4 nitrogen and oxygen atoms in total. The van der Waals surface area contributed by atoms with Crippen molar-refractivity contribution in [2.24, 2.45) is 0 Å². The predicted octanol–water partition coefficient (Wildman–Crippen LogP) is 1.53. The van der Waals surface area contributed by atoms with Gasteiger partial charge in [0.1, 0.15) is 0 Å². The van der Waals surface area contributed by atoms with Crippen LogP contribution in [0.15, 0.2) is 18.2 Å². The molecule has 0 aromatic heterocycles. The highest BCUT2D eigenvalue weighted by Crippen LogP contribution is 2.24. The molecule has 17 heavy (non-hydrogen) atoms. The van der Waals surface area contributed by atoms with Crippen LogP contribution >= 0.6 is 0 Å². The maximum atomic E-state index is 9.36. The lowest BCUT2D eigenvalue weighted by molar-refractivity contribution is 0.365. The fraction of sp³-hybridized carbons (Fsp3) is 0.538. The van der Waals surface area contributed by atoms with E-state index in [0.29, 0.717) is 12.6 Å². The van der Waals surface area contributed by atoms with E-state index in [0.717, 1.165) is 18.5 Å². The molecule has 0 spiro atoms. The zero-order chi connectivity index (χ0) is 12.8. The summed E-state index contributed by atoms with van der Waals surface area (Å²) < 4.78 is 0. The van der Waals surface area contributed by atoms with Crippen LogP contribution in [0.1, 0.15) is 18.9 Å². The average molecular weight is 238 g/mol. The number of nitrogens with one attached hydrogen (secondary N) is 1. The van der Waals surface area contributed by atoms with E-state index in [1.54, 1.807) is 12.1 Å². The molecule has 4 heteroatoms. The van der Waals surface area contributed by atoms with Crippen LogP contribution in [0.2, 0.25) is 0 Å². The van der Waals surface area contributed by atoms with Crippen molar-refractivity contribution in [1.82, 2.24) is 10.2 Å². The molecule has 0 bridgehead atoms. The third kappa shape index (κ3) is 5.06. The SMILES string of the molecule is CC(CCN(C)C)NCc1ccc(O)c(O)c1. The summed E-state index contributed by atoms with van der Waals surface area (Å²) in [5.74, 6) is -0.139. The average Bonchev–Trinajstić information content (AvgIpc) is 2.28. The molecule has 1 aromatic carbocycles. The highest BCUT2D eigenvalue weighted by Gasteiger charge is 2.04. The molecule has 0 aliphatic heterocycles. The monoisotopic (exact) mass is 238 g/mol. The maximum absolute atomic E-state index is 9.36. The van der Waals surface area contributed by atoms with Crippen LogP contribution in [-0.2, 0) is 6.54 Å². The van der Waals surface area contributed by atoms with Crippen molar-refractivity contribution in [3.05, 3.63) is 23.8 Å². The number of phenols is 2. The zero-order valence-electron chi connectivity index (χ0n) is 10.8. The van der Waals surface area contributed by atoms with Gasteiger partial charge in [-0.1, -0.05) is 6.07 Å². The van der Waals surface area contributed by atoms with Crippen molar-refractivity contribution in [1.29, 1.82) is 0 Å². The standard InChI is InChI=1S/C13H22N2O2/c1-10(6-7-15(2)3)14-9-11-4-5-12(16)13(17)8-11/h4-5,8,10,14,16-17H,6-7,9H2,1-3H3. The van der Waals surface area contributed by atoms with E-state index in [-0.39, 0.29) is 11.5 Å². The van der Waals surface area contributed by atoms with E-state index in [1.807, 2.05) is 0 Å². The number of rotatable bonds is 6. The molecule has 1 unspecified atom stereocenters. The Bertz CT molecular complexity index is 353. The van der Waals surface area contributed by atoms with Gasteiger partial charge in [0.2, 0.25) is 0 Å². The van der Waals surface area contributed by atoms with E-state index in [2.05, 4.69) is 31.2 Å². The second kappa shape index (κ2) is 6.47. The van der Waals surface area contributed by atoms with Crippen LogP contribution in [0.3, 0.4) is 0 Å². The van der Waals surface area contributed by atoms with Crippen LogP contribution in [0.25, 0.3) is 0 Å². The summed E-state index contributed by atoms with van der Waals surface area (Å²) in [5, 5.41) is 21.9. The van der Waals surface area contributed by atoms with Gasteiger partial charge < -0.3 is 20.4 Å². The summed E-state index contributed by atoms with van der Waals surface area (Å²) in [7, 11) is 4.12. The maximum Gasteiger partial charge on any atom is 0.157 e. The molecule has 1 atom stereocenters. The van der Waals surface area contributed by atoms with Crippen LogP contribution in [-0.4, -0.2) is 41.8 Å². The minimum absolute atomic E-state index is 0.0646. The number of hydrogen-bond acceptors (Lipinski definition) is 4. The molecule has 0 saturated heterocycles. The van der Waals surface area contributed by atoms with E-state index < -0.39 is 0 Å². The Labute approximate surface area is 103 Å². The molecule has 96 valence electrons. The molecule has 0 radical (unpaired) electrons. The first kappa shape index (κ1) is 13.8. The Hall–Kier alpha value is -1.26.